The maximum Gasteiger partial charge on any atom is 0.119 e. The van der Waals surface area contributed by atoms with Gasteiger partial charge in [0.25, 0.3) is 0 Å². The molecule has 1 saturated heterocycles. The number of hydrogen-bond donors (Lipinski definition) is 1. The van der Waals surface area contributed by atoms with Crippen LogP contribution in [0.15, 0.2) is 48.5 Å². The van der Waals surface area contributed by atoms with Crippen LogP contribution in [0.3, 0.4) is 0 Å². The van der Waals surface area contributed by atoms with Crippen molar-refractivity contribution in [1.82, 2.24) is 4.90 Å². The highest BCUT2D eigenvalue weighted by Gasteiger charge is 2.24. The Morgan fingerprint density at radius 1 is 1.00 bits per heavy atom. The highest BCUT2D eigenvalue weighted by Crippen LogP contribution is 2.33. The van der Waals surface area contributed by atoms with Crippen LogP contribution in [-0.4, -0.2) is 62.7 Å². The molecule has 3 rings (SSSR count). The molecule has 1 aliphatic heterocycles. The first kappa shape index (κ1) is 20.6. The maximum absolute atomic E-state index is 9.92. The van der Waals surface area contributed by atoms with Crippen LogP contribution in [0, 0.1) is 0 Å². The molecular weight excluding hydrogens is 354 g/mol. The summed E-state index contributed by atoms with van der Waals surface area (Å²) in [6, 6.07) is 16.4. The minimum atomic E-state index is -0.502. The lowest BCUT2D eigenvalue weighted by Crippen LogP contribution is -2.30. The molecule has 0 saturated carbocycles. The summed E-state index contributed by atoms with van der Waals surface area (Å²) in [7, 11) is 3.86. The minimum Gasteiger partial charge on any atom is -0.491 e. The summed E-state index contributed by atoms with van der Waals surface area (Å²) in [6.07, 6.45) is -0.237. The summed E-state index contributed by atoms with van der Waals surface area (Å²) in [5.41, 5.74) is 2.28. The zero-order chi connectivity index (χ0) is 20.1. The molecule has 1 aliphatic rings. The first-order chi connectivity index (χ1) is 13.3. The van der Waals surface area contributed by atoms with Gasteiger partial charge in [0, 0.05) is 12.0 Å². The molecule has 5 heteroatoms. The van der Waals surface area contributed by atoms with Gasteiger partial charge >= 0.3 is 0 Å². The van der Waals surface area contributed by atoms with Crippen molar-refractivity contribution in [3.05, 3.63) is 59.7 Å². The normalized spacial score (nSPS) is 17.4. The molecule has 1 fully saturated rings. The van der Waals surface area contributed by atoms with Crippen LogP contribution in [0.2, 0.25) is 0 Å². The van der Waals surface area contributed by atoms with Crippen LogP contribution in [0.25, 0.3) is 0 Å². The van der Waals surface area contributed by atoms with Crippen molar-refractivity contribution in [3.63, 3.8) is 0 Å². The Labute approximate surface area is 167 Å². The Morgan fingerprint density at radius 3 is 1.96 bits per heavy atom. The quantitative estimate of drug-likeness (QED) is 0.637. The Balaban J connectivity index is 1.59. The van der Waals surface area contributed by atoms with E-state index in [0.29, 0.717) is 13.2 Å². The van der Waals surface area contributed by atoms with Gasteiger partial charge < -0.3 is 24.2 Å². The SMILES string of the molecule is CN(C)CC(O)COc1ccc(C(C)(C)c2ccc(OCC3CO3)cc2)cc1. The average Bonchev–Trinajstić information content (AvgIpc) is 3.49. The van der Waals surface area contributed by atoms with Crippen molar-refractivity contribution in [2.45, 2.75) is 31.5 Å². The number of rotatable bonds is 10. The largest absolute Gasteiger partial charge is 0.491 e. The second kappa shape index (κ2) is 8.95. The molecule has 0 radical (unpaired) electrons. The average molecular weight is 386 g/mol. The molecule has 2 aromatic carbocycles. The van der Waals surface area contributed by atoms with Crippen LogP contribution < -0.4 is 9.47 Å². The predicted molar refractivity (Wildman–Crippen MR) is 110 cm³/mol. The molecular formula is C23H31NO4. The van der Waals surface area contributed by atoms with E-state index >= 15 is 0 Å². The number of hydrogen-bond acceptors (Lipinski definition) is 5. The zero-order valence-corrected chi connectivity index (χ0v) is 17.2. The van der Waals surface area contributed by atoms with Gasteiger partial charge in [-0.15, -0.1) is 0 Å². The number of benzene rings is 2. The molecule has 0 amide bonds. The van der Waals surface area contributed by atoms with Crippen molar-refractivity contribution < 1.29 is 19.3 Å². The number of epoxide rings is 1. The van der Waals surface area contributed by atoms with Crippen molar-refractivity contribution in [3.8, 4) is 11.5 Å². The number of ether oxygens (including phenoxy) is 3. The molecule has 152 valence electrons. The molecule has 0 aromatic heterocycles. The predicted octanol–water partition coefficient (Wildman–Crippen LogP) is 3.09. The molecule has 1 N–H and O–H groups in total. The highest BCUT2D eigenvalue weighted by molar-refractivity contribution is 5.41. The first-order valence-corrected chi connectivity index (χ1v) is 9.75. The van der Waals surface area contributed by atoms with Gasteiger partial charge in [-0.2, -0.15) is 0 Å². The van der Waals surface area contributed by atoms with E-state index in [0.717, 1.165) is 18.1 Å². The first-order valence-electron chi connectivity index (χ1n) is 9.75. The van der Waals surface area contributed by atoms with Crippen LogP contribution in [0.4, 0.5) is 0 Å². The van der Waals surface area contributed by atoms with E-state index in [1.165, 1.54) is 11.1 Å². The van der Waals surface area contributed by atoms with Gasteiger partial charge in [-0.1, -0.05) is 38.1 Å². The van der Waals surface area contributed by atoms with Gasteiger partial charge in [0.05, 0.1) is 6.61 Å². The van der Waals surface area contributed by atoms with Gasteiger partial charge in [-0.05, 0) is 49.5 Å². The molecule has 28 heavy (non-hydrogen) atoms. The molecule has 0 aliphatic carbocycles. The Bertz CT molecular complexity index is 736. The van der Waals surface area contributed by atoms with Crippen LogP contribution in [0.5, 0.6) is 11.5 Å². The van der Waals surface area contributed by atoms with Gasteiger partial charge in [0.15, 0.2) is 0 Å². The second-order valence-corrected chi connectivity index (χ2v) is 8.17. The maximum atomic E-state index is 9.92. The lowest BCUT2D eigenvalue weighted by Gasteiger charge is -2.26. The summed E-state index contributed by atoms with van der Waals surface area (Å²) in [5, 5.41) is 9.92. The fraction of sp³-hybridized carbons (Fsp3) is 0.478. The summed E-state index contributed by atoms with van der Waals surface area (Å²) in [5.74, 6) is 1.64. The number of aliphatic hydroxyl groups is 1. The third-order valence-corrected chi connectivity index (χ3v) is 5.01. The van der Waals surface area contributed by atoms with E-state index in [9.17, 15) is 5.11 Å². The van der Waals surface area contributed by atoms with Crippen LogP contribution in [0.1, 0.15) is 25.0 Å². The third-order valence-electron chi connectivity index (χ3n) is 5.01. The molecule has 2 unspecified atom stereocenters. The van der Waals surface area contributed by atoms with Gasteiger partial charge in [-0.3, -0.25) is 0 Å². The van der Waals surface area contributed by atoms with E-state index in [-0.39, 0.29) is 18.1 Å². The molecule has 1 heterocycles. The highest BCUT2D eigenvalue weighted by atomic mass is 16.6. The number of likely N-dealkylation sites (N-methyl/N-ethyl adjacent to an activating group) is 1. The lowest BCUT2D eigenvalue weighted by atomic mass is 9.78. The summed E-state index contributed by atoms with van der Waals surface area (Å²) in [6.45, 7) is 6.70. The topological polar surface area (TPSA) is 54.5 Å². The van der Waals surface area contributed by atoms with Gasteiger partial charge in [0.1, 0.15) is 36.9 Å². The monoisotopic (exact) mass is 385 g/mol. The van der Waals surface area contributed by atoms with E-state index < -0.39 is 6.10 Å². The second-order valence-electron chi connectivity index (χ2n) is 8.17. The molecule has 5 nitrogen and oxygen atoms in total. The van der Waals surface area contributed by atoms with Crippen LogP contribution >= 0.6 is 0 Å². The molecule has 0 bridgehead atoms. The molecule has 2 aromatic rings. The smallest absolute Gasteiger partial charge is 0.119 e. The third kappa shape index (κ3) is 5.71. The Morgan fingerprint density at radius 2 is 1.50 bits per heavy atom. The molecule has 0 spiro atoms. The van der Waals surface area contributed by atoms with E-state index in [4.69, 9.17) is 14.2 Å². The minimum absolute atomic E-state index is 0.138. The van der Waals surface area contributed by atoms with Crippen molar-refractivity contribution >= 4 is 0 Å². The Hall–Kier alpha value is -2.08. The fourth-order valence-corrected chi connectivity index (χ4v) is 3.12. The van der Waals surface area contributed by atoms with Gasteiger partial charge in [-0.25, -0.2) is 0 Å². The van der Waals surface area contributed by atoms with Crippen molar-refractivity contribution in [1.29, 1.82) is 0 Å². The summed E-state index contributed by atoms with van der Waals surface area (Å²) >= 11 is 0. The summed E-state index contributed by atoms with van der Waals surface area (Å²) in [4.78, 5) is 1.94. The van der Waals surface area contributed by atoms with E-state index in [1.54, 1.807) is 0 Å². The summed E-state index contributed by atoms with van der Waals surface area (Å²) < 4.78 is 16.6. The standard InChI is InChI=1S/C23H31NO4/c1-23(2,18-7-11-21(12-8-18)27-15-22-16-28-22)17-5-9-20(10-6-17)26-14-19(25)13-24(3)4/h5-12,19,22,25H,13-16H2,1-4H3. The van der Waals surface area contributed by atoms with E-state index in [1.807, 2.05) is 43.3 Å². The van der Waals surface area contributed by atoms with Crippen LogP contribution in [-0.2, 0) is 10.2 Å². The van der Waals surface area contributed by atoms with Crippen molar-refractivity contribution in [2.24, 2.45) is 0 Å². The zero-order valence-electron chi connectivity index (χ0n) is 17.2. The molecule has 2 atom stereocenters. The van der Waals surface area contributed by atoms with Crippen molar-refractivity contribution in [2.75, 3.05) is 40.5 Å². The fourth-order valence-electron chi connectivity index (χ4n) is 3.12. The van der Waals surface area contributed by atoms with E-state index in [2.05, 4.69) is 38.1 Å². The Kier molecular flexibility index (Phi) is 6.60. The number of nitrogens with zero attached hydrogens (tertiary/aromatic N) is 1. The lowest BCUT2D eigenvalue weighted by molar-refractivity contribution is 0.0831. The number of aliphatic hydroxyl groups excluding tert-OH is 1. The van der Waals surface area contributed by atoms with Gasteiger partial charge in [0.2, 0.25) is 0 Å².